The summed E-state index contributed by atoms with van der Waals surface area (Å²) in [4.78, 5) is 2.55. The van der Waals surface area contributed by atoms with E-state index in [1.807, 2.05) is 0 Å². The number of rotatable bonds is 4. The van der Waals surface area contributed by atoms with E-state index in [2.05, 4.69) is 37.9 Å². The summed E-state index contributed by atoms with van der Waals surface area (Å²) in [6.45, 7) is 14.2. The molecule has 1 atom stereocenters. The topological polar surface area (TPSA) is 24.5 Å². The van der Waals surface area contributed by atoms with Crippen molar-refractivity contribution >= 4 is 0 Å². The molecule has 3 nitrogen and oxygen atoms in total. The zero-order valence-corrected chi connectivity index (χ0v) is 11.4. The number of ether oxygens (including phenoxy) is 1. The van der Waals surface area contributed by atoms with Crippen LogP contribution in [0.15, 0.2) is 0 Å². The lowest BCUT2D eigenvalue weighted by Gasteiger charge is -2.28. The van der Waals surface area contributed by atoms with Crippen LogP contribution >= 0.6 is 0 Å². The van der Waals surface area contributed by atoms with Gasteiger partial charge in [0.25, 0.3) is 0 Å². The van der Waals surface area contributed by atoms with Gasteiger partial charge in [0.2, 0.25) is 0 Å². The van der Waals surface area contributed by atoms with Gasteiger partial charge in [-0.05, 0) is 47.1 Å². The zero-order valence-electron chi connectivity index (χ0n) is 11.4. The molecule has 0 aromatic rings. The van der Waals surface area contributed by atoms with Gasteiger partial charge in [-0.25, -0.2) is 0 Å². The predicted octanol–water partition coefficient (Wildman–Crippen LogP) is 1.88. The lowest BCUT2D eigenvalue weighted by atomic mass is 10.1. The van der Waals surface area contributed by atoms with Gasteiger partial charge in [0.15, 0.2) is 0 Å². The van der Waals surface area contributed by atoms with E-state index in [0.717, 1.165) is 26.3 Å². The molecule has 0 bridgehead atoms. The molecule has 96 valence electrons. The molecular formula is C13H28N2O. The molecular weight excluding hydrogens is 200 g/mol. The van der Waals surface area contributed by atoms with E-state index in [0.29, 0.717) is 6.04 Å². The van der Waals surface area contributed by atoms with Crippen LogP contribution in [-0.2, 0) is 4.74 Å². The Morgan fingerprint density at radius 3 is 2.69 bits per heavy atom. The monoisotopic (exact) mass is 228 g/mol. The van der Waals surface area contributed by atoms with Gasteiger partial charge in [0.05, 0.1) is 6.61 Å². The van der Waals surface area contributed by atoms with Crippen LogP contribution in [0, 0.1) is 0 Å². The number of hydrogen-bond donors (Lipinski definition) is 1. The number of hydrogen-bond acceptors (Lipinski definition) is 3. The summed E-state index contributed by atoms with van der Waals surface area (Å²) >= 11 is 0. The standard InChI is InChI=1S/C13H28N2O/c1-12(6-7-14-13(2,3)4)15-8-5-10-16-11-9-15/h12,14H,5-11H2,1-4H3. The quantitative estimate of drug-likeness (QED) is 0.795. The van der Waals surface area contributed by atoms with E-state index < -0.39 is 0 Å². The van der Waals surface area contributed by atoms with Crippen LogP contribution in [0.25, 0.3) is 0 Å². The molecule has 0 aromatic carbocycles. The van der Waals surface area contributed by atoms with Crippen LogP contribution in [-0.4, -0.2) is 49.3 Å². The van der Waals surface area contributed by atoms with E-state index in [-0.39, 0.29) is 5.54 Å². The largest absolute Gasteiger partial charge is 0.380 e. The molecule has 1 rings (SSSR count). The van der Waals surface area contributed by atoms with Crippen molar-refractivity contribution in [3.63, 3.8) is 0 Å². The van der Waals surface area contributed by atoms with Crippen molar-refractivity contribution in [2.24, 2.45) is 0 Å². The molecule has 0 saturated carbocycles. The molecule has 1 N–H and O–H groups in total. The molecule has 1 unspecified atom stereocenters. The third-order valence-electron chi connectivity index (χ3n) is 3.10. The Hall–Kier alpha value is -0.120. The maximum absolute atomic E-state index is 5.48. The Labute approximate surface area is 101 Å². The van der Waals surface area contributed by atoms with Crippen molar-refractivity contribution in [1.82, 2.24) is 10.2 Å². The second kappa shape index (κ2) is 6.58. The van der Waals surface area contributed by atoms with E-state index in [4.69, 9.17) is 4.74 Å². The fraction of sp³-hybridized carbons (Fsp3) is 1.00. The fourth-order valence-corrected chi connectivity index (χ4v) is 2.04. The van der Waals surface area contributed by atoms with Crippen LogP contribution in [0.4, 0.5) is 0 Å². The van der Waals surface area contributed by atoms with Crippen LogP contribution in [0.1, 0.15) is 40.5 Å². The van der Waals surface area contributed by atoms with Crippen LogP contribution in [0.3, 0.4) is 0 Å². The first kappa shape index (κ1) is 13.9. The van der Waals surface area contributed by atoms with Gasteiger partial charge in [-0.2, -0.15) is 0 Å². The Morgan fingerprint density at radius 2 is 2.00 bits per heavy atom. The first-order chi connectivity index (χ1) is 7.49. The Bertz CT molecular complexity index is 181. The van der Waals surface area contributed by atoms with Gasteiger partial charge in [-0.1, -0.05) is 0 Å². The van der Waals surface area contributed by atoms with Gasteiger partial charge < -0.3 is 10.1 Å². The zero-order chi connectivity index (χ0) is 12.0. The summed E-state index contributed by atoms with van der Waals surface area (Å²) in [5.41, 5.74) is 0.238. The minimum atomic E-state index is 0.238. The molecule has 0 amide bonds. The van der Waals surface area contributed by atoms with Crippen molar-refractivity contribution in [2.45, 2.75) is 52.1 Å². The molecule has 0 aliphatic carbocycles. The van der Waals surface area contributed by atoms with Gasteiger partial charge >= 0.3 is 0 Å². The predicted molar refractivity (Wildman–Crippen MR) is 68.8 cm³/mol. The highest BCUT2D eigenvalue weighted by molar-refractivity contribution is 4.74. The van der Waals surface area contributed by atoms with Crippen molar-refractivity contribution in [3.05, 3.63) is 0 Å². The molecule has 16 heavy (non-hydrogen) atoms. The summed E-state index contributed by atoms with van der Waals surface area (Å²) in [5.74, 6) is 0. The van der Waals surface area contributed by atoms with E-state index in [1.54, 1.807) is 0 Å². The first-order valence-corrected chi connectivity index (χ1v) is 6.56. The SMILES string of the molecule is CC(CCNC(C)(C)C)N1CCCOCC1. The van der Waals surface area contributed by atoms with Crippen LogP contribution in [0.5, 0.6) is 0 Å². The summed E-state index contributed by atoms with van der Waals surface area (Å²) in [6.07, 6.45) is 2.40. The summed E-state index contributed by atoms with van der Waals surface area (Å²) in [7, 11) is 0. The molecule has 1 aliphatic heterocycles. The first-order valence-electron chi connectivity index (χ1n) is 6.56. The Morgan fingerprint density at radius 1 is 1.25 bits per heavy atom. The van der Waals surface area contributed by atoms with E-state index >= 15 is 0 Å². The highest BCUT2D eigenvalue weighted by Crippen LogP contribution is 2.08. The smallest absolute Gasteiger partial charge is 0.0593 e. The van der Waals surface area contributed by atoms with Crippen molar-refractivity contribution < 1.29 is 4.74 Å². The van der Waals surface area contributed by atoms with Gasteiger partial charge in [0.1, 0.15) is 0 Å². The highest BCUT2D eigenvalue weighted by Gasteiger charge is 2.16. The van der Waals surface area contributed by atoms with Crippen LogP contribution in [0.2, 0.25) is 0 Å². The second-order valence-corrected chi connectivity index (χ2v) is 5.82. The Balaban J connectivity index is 2.20. The number of nitrogens with zero attached hydrogens (tertiary/aromatic N) is 1. The molecule has 0 radical (unpaired) electrons. The van der Waals surface area contributed by atoms with E-state index in [9.17, 15) is 0 Å². The molecule has 3 heteroatoms. The average molecular weight is 228 g/mol. The maximum atomic E-state index is 5.48. The summed E-state index contributed by atoms with van der Waals surface area (Å²) in [6, 6.07) is 0.663. The maximum Gasteiger partial charge on any atom is 0.0593 e. The van der Waals surface area contributed by atoms with Crippen molar-refractivity contribution in [3.8, 4) is 0 Å². The third kappa shape index (κ3) is 5.83. The molecule has 1 saturated heterocycles. The molecule has 1 aliphatic rings. The second-order valence-electron chi connectivity index (χ2n) is 5.82. The van der Waals surface area contributed by atoms with Gasteiger partial charge in [-0.3, -0.25) is 4.90 Å². The fourth-order valence-electron chi connectivity index (χ4n) is 2.04. The lowest BCUT2D eigenvalue weighted by molar-refractivity contribution is 0.132. The number of nitrogens with one attached hydrogen (secondary N) is 1. The third-order valence-corrected chi connectivity index (χ3v) is 3.10. The Kier molecular flexibility index (Phi) is 5.73. The normalized spacial score (nSPS) is 21.8. The summed E-state index contributed by atoms with van der Waals surface area (Å²) in [5, 5.41) is 3.55. The van der Waals surface area contributed by atoms with Crippen molar-refractivity contribution in [2.75, 3.05) is 32.8 Å². The van der Waals surface area contributed by atoms with Gasteiger partial charge in [-0.15, -0.1) is 0 Å². The van der Waals surface area contributed by atoms with Crippen LogP contribution < -0.4 is 5.32 Å². The highest BCUT2D eigenvalue weighted by atomic mass is 16.5. The minimum Gasteiger partial charge on any atom is -0.380 e. The van der Waals surface area contributed by atoms with Crippen molar-refractivity contribution in [1.29, 1.82) is 0 Å². The molecule has 0 aromatic heterocycles. The lowest BCUT2D eigenvalue weighted by Crippen LogP contribution is -2.41. The average Bonchev–Trinajstić information content (AvgIpc) is 2.43. The van der Waals surface area contributed by atoms with E-state index in [1.165, 1.54) is 19.4 Å². The minimum absolute atomic E-state index is 0.238. The molecule has 1 fully saturated rings. The molecule has 0 spiro atoms. The molecule has 1 heterocycles. The summed E-state index contributed by atoms with van der Waals surface area (Å²) < 4.78 is 5.48. The van der Waals surface area contributed by atoms with Gasteiger partial charge in [0, 0.05) is 31.3 Å².